The van der Waals surface area contributed by atoms with Crippen LogP contribution in [0.5, 0.6) is 5.75 Å². The minimum atomic E-state index is -3.16. The molecule has 2 atom stereocenters. The summed E-state index contributed by atoms with van der Waals surface area (Å²) in [6.45, 7) is 1.92. The van der Waals surface area contributed by atoms with E-state index in [9.17, 15) is 22.8 Å². The summed E-state index contributed by atoms with van der Waals surface area (Å²) in [6, 6.07) is 5.98. The molecule has 2 fully saturated rings. The van der Waals surface area contributed by atoms with Gasteiger partial charge in [-0.1, -0.05) is 18.2 Å². The quantitative estimate of drug-likeness (QED) is 0.698. The van der Waals surface area contributed by atoms with Crippen molar-refractivity contribution in [3.63, 3.8) is 0 Å². The summed E-state index contributed by atoms with van der Waals surface area (Å²) in [5.74, 6) is -0.421. The third-order valence-corrected chi connectivity index (χ3v) is 7.61. The van der Waals surface area contributed by atoms with Gasteiger partial charge >= 0.3 is 6.03 Å². The van der Waals surface area contributed by atoms with Gasteiger partial charge in [0.05, 0.1) is 18.1 Å². The summed E-state index contributed by atoms with van der Waals surface area (Å²) in [7, 11) is -3.16. The van der Waals surface area contributed by atoms with E-state index in [0.717, 1.165) is 4.90 Å². The minimum absolute atomic E-state index is 0.0461. The smallest absolute Gasteiger partial charge is 0.325 e. The lowest BCUT2D eigenvalue weighted by molar-refractivity contribution is -0.140. The van der Waals surface area contributed by atoms with E-state index >= 15 is 0 Å². The molecule has 0 aromatic heterocycles. The van der Waals surface area contributed by atoms with E-state index < -0.39 is 45.8 Å². The zero-order valence-corrected chi connectivity index (χ0v) is 16.9. The molecule has 3 heterocycles. The zero-order valence-electron chi connectivity index (χ0n) is 16.1. The minimum Gasteiger partial charge on any atom is -0.493 e. The largest absolute Gasteiger partial charge is 0.493 e. The predicted octanol–water partition coefficient (Wildman–Crippen LogP) is 0.252. The van der Waals surface area contributed by atoms with Gasteiger partial charge in [0.15, 0.2) is 15.4 Å². The molecule has 156 valence electrons. The topological polar surface area (TPSA) is 113 Å². The molecular formula is C19H23N3O6S. The number of ether oxygens (including phenoxy) is 1. The van der Waals surface area contributed by atoms with E-state index in [1.165, 1.54) is 4.90 Å². The van der Waals surface area contributed by atoms with E-state index in [0.29, 0.717) is 24.3 Å². The molecule has 0 radical (unpaired) electrons. The number of amides is 4. The van der Waals surface area contributed by atoms with E-state index in [2.05, 4.69) is 5.32 Å². The molecule has 2 saturated heterocycles. The lowest BCUT2D eigenvalue weighted by Gasteiger charge is -2.33. The van der Waals surface area contributed by atoms with Gasteiger partial charge < -0.3 is 15.0 Å². The van der Waals surface area contributed by atoms with Crippen LogP contribution in [0.2, 0.25) is 0 Å². The van der Waals surface area contributed by atoms with Crippen LogP contribution in [0.1, 0.15) is 25.3 Å². The predicted molar refractivity (Wildman–Crippen MR) is 103 cm³/mol. The number of sulfone groups is 1. The molecule has 4 amide bonds. The number of carbonyl (C=O) groups is 3. The Balaban J connectivity index is 1.55. The Morgan fingerprint density at radius 3 is 2.79 bits per heavy atom. The van der Waals surface area contributed by atoms with Crippen molar-refractivity contribution in [1.82, 2.24) is 15.1 Å². The Hall–Kier alpha value is -2.62. The van der Waals surface area contributed by atoms with Gasteiger partial charge in [0.1, 0.15) is 12.3 Å². The fourth-order valence-electron chi connectivity index (χ4n) is 4.40. The summed E-state index contributed by atoms with van der Waals surface area (Å²) in [6.07, 6.45) is 0.647. The van der Waals surface area contributed by atoms with Gasteiger partial charge in [-0.3, -0.25) is 14.5 Å². The van der Waals surface area contributed by atoms with Crippen molar-refractivity contribution < 1.29 is 27.5 Å². The summed E-state index contributed by atoms with van der Waals surface area (Å²) < 4.78 is 29.1. The first-order chi connectivity index (χ1) is 13.8. The third-order valence-electron chi connectivity index (χ3n) is 5.86. The number of para-hydroxylation sites is 1. The van der Waals surface area contributed by atoms with Crippen LogP contribution < -0.4 is 10.1 Å². The Morgan fingerprint density at radius 1 is 1.34 bits per heavy atom. The van der Waals surface area contributed by atoms with Gasteiger partial charge in [-0.25, -0.2) is 13.2 Å². The second kappa shape index (κ2) is 7.01. The molecule has 1 aromatic carbocycles. The molecule has 0 saturated carbocycles. The molecule has 29 heavy (non-hydrogen) atoms. The molecule has 3 aliphatic heterocycles. The number of imide groups is 1. The fourth-order valence-corrected chi connectivity index (χ4v) is 6.13. The standard InChI is InChI=1S/C19H23N3O6S/c1-2-21(13-7-10-29(26,27)12-13)16(23)11-22-17(24)19(20-18(22)25)8-9-28-15-6-4-3-5-14(15)19/h3-6,13H,2,7-12H2,1H3,(H,20,25)/t13-,19-/m0/s1. The highest BCUT2D eigenvalue weighted by atomic mass is 32.2. The number of fused-ring (bicyclic) bond motifs is 2. The van der Waals surface area contributed by atoms with Crippen molar-refractivity contribution in [2.24, 2.45) is 0 Å². The number of carbonyl (C=O) groups excluding carboxylic acids is 3. The monoisotopic (exact) mass is 421 g/mol. The van der Waals surface area contributed by atoms with Crippen LogP contribution in [0.4, 0.5) is 4.79 Å². The molecule has 0 aliphatic carbocycles. The van der Waals surface area contributed by atoms with Crippen LogP contribution in [0.15, 0.2) is 24.3 Å². The number of nitrogens with zero attached hydrogens (tertiary/aromatic N) is 2. The molecule has 0 bridgehead atoms. The number of likely N-dealkylation sites (N-methyl/N-ethyl adjacent to an activating group) is 1. The normalized spacial score (nSPS) is 27.5. The van der Waals surface area contributed by atoms with Crippen LogP contribution in [-0.2, 0) is 25.0 Å². The average Bonchev–Trinajstić information content (AvgIpc) is 3.15. The van der Waals surface area contributed by atoms with Gasteiger partial charge in [0.2, 0.25) is 5.91 Å². The van der Waals surface area contributed by atoms with Gasteiger partial charge in [0, 0.05) is 24.6 Å². The molecule has 1 N–H and O–H groups in total. The molecule has 1 spiro atoms. The first kappa shape index (κ1) is 19.7. The molecule has 10 heteroatoms. The van der Waals surface area contributed by atoms with E-state index in [-0.39, 0.29) is 24.5 Å². The van der Waals surface area contributed by atoms with Gasteiger partial charge in [-0.15, -0.1) is 0 Å². The van der Waals surface area contributed by atoms with Crippen molar-refractivity contribution in [3.05, 3.63) is 29.8 Å². The molecular weight excluding hydrogens is 398 g/mol. The summed E-state index contributed by atoms with van der Waals surface area (Å²) >= 11 is 0. The maximum Gasteiger partial charge on any atom is 0.325 e. The molecule has 1 aromatic rings. The molecule has 9 nitrogen and oxygen atoms in total. The van der Waals surface area contributed by atoms with Crippen molar-refractivity contribution in [2.75, 3.05) is 31.2 Å². The van der Waals surface area contributed by atoms with Crippen LogP contribution in [-0.4, -0.2) is 73.3 Å². The number of hydrogen-bond acceptors (Lipinski definition) is 6. The van der Waals surface area contributed by atoms with E-state index in [1.807, 2.05) is 0 Å². The maximum atomic E-state index is 13.2. The average molecular weight is 421 g/mol. The Kier molecular flexibility index (Phi) is 4.76. The van der Waals surface area contributed by atoms with Crippen LogP contribution in [0.25, 0.3) is 0 Å². The Morgan fingerprint density at radius 2 is 2.10 bits per heavy atom. The zero-order chi connectivity index (χ0) is 20.8. The maximum absolute atomic E-state index is 13.2. The highest BCUT2D eigenvalue weighted by Gasteiger charge is 2.55. The van der Waals surface area contributed by atoms with Gasteiger partial charge in [0.25, 0.3) is 5.91 Å². The summed E-state index contributed by atoms with van der Waals surface area (Å²) in [5.41, 5.74) is -0.659. The highest BCUT2D eigenvalue weighted by molar-refractivity contribution is 7.91. The first-order valence-electron chi connectivity index (χ1n) is 9.64. The highest BCUT2D eigenvalue weighted by Crippen LogP contribution is 2.40. The number of benzene rings is 1. The SMILES string of the molecule is CCN(C(=O)CN1C(=O)N[C@]2(CCOc3ccccc32)C1=O)[C@H]1CCS(=O)(=O)C1. The number of urea groups is 1. The third kappa shape index (κ3) is 3.25. The number of hydrogen-bond donors (Lipinski definition) is 1. The van der Waals surface area contributed by atoms with Gasteiger partial charge in [-0.2, -0.15) is 0 Å². The molecule has 4 rings (SSSR count). The van der Waals surface area contributed by atoms with Crippen molar-refractivity contribution in [3.8, 4) is 5.75 Å². The van der Waals surface area contributed by atoms with Crippen molar-refractivity contribution in [2.45, 2.75) is 31.3 Å². The molecule has 3 aliphatic rings. The Bertz CT molecular complexity index is 978. The van der Waals surface area contributed by atoms with Crippen LogP contribution in [0.3, 0.4) is 0 Å². The second-order valence-corrected chi connectivity index (χ2v) is 9.79. The summed E-state index contributed by atoms with van der Waals surface area (Å²) in [5, 5.41) is 2.76. The van der Waals surface area contributed by atoms with Crippen LogP contribution in [0, 0.1) is 0 Å². The lowest BCUT2D eigenvalue weighted by atomic mass is 9.84. The number of rotatable bonds is 4. The second-order valence-electron chi connectivity index (χ2n) is 7.56. The number of nitrogens with one attached hydrogen (secondary N) is 1. The van der Waals surface area contributed by atoms with Gasteiger partial charge in [-0.05, 0) is 19.4 Å². The summed E-state index contributed by atoms with van der Waals surface area (Å²) in [4.78, 5) is 41.1. The van der Waals surface area contributed by atoms with Crippen LogP contribution >= 0.6 is 0 Å². The molecule has 0 unspecified atom stereocenters. The van der Waals surface area contributed by atoms with E-state index in [4.69, 9.17) is 4.74 Å². The van der Waals surface area contributed by atoms with Crippen molar-refractivity contribution >= 4 is 27.7 Å². The lowest BCUT2D eigenvalue weighted by Crippen LogP contribution is -2.49. The van der Waals surface area contributed by atoms with Crippen molar-refractivity contribution in [1.29, 1.82) is 0 Å². The van der Waals surface area contributed by atoms with E-state index in [1.54, 1.807) is 31.2 Å². The Labute approximate surface area is 168 Å². The fraction of sp³-hybridized carbons (Fsp3) is 0.526. The first-order valence-corrected chi connectivity index (χ1v) is 11.5.